The fraction of sp³-hybridized carbons (Fsp3) is 0.704. The van der Waals surface area contributed by atoms with Gasteiger partial charge in [0.2, 0.25) is 0 Å². The summed E-state index contributed by atoms with van der Waals surface area (Å²) in [5.41, 5.74) is 0. The van der Waals surface area contributed by atoms with Gasteiger partial charge in [-0.05, 0) is 83.5 Å². The van der Waals surface area contributed by atoms with E-state index in [1.54, 1.807) is 0 Å². The molecule has 0 saturated carbocycles. The maximum atomic E-state index is 5.77. The van der Waals surface area contributed by atoms with E-state index in [0.717, 1.165) is 38.9 Å². The van der Waals surface area contributed by atoms with E-state index in [0.29, 0.717) is 0 Å². The monoisotopic (exact) mass is 402 g/mol. The lowest BCUT2D eigenvalue weighted by Crippen LogP contribution is -2.22. The molecule has 0 bridgehead atoms. The van der Waals surface area contributed by atoms with Gasteiger partial charge in [0.25, 0.3) is 0 Å². The third-order valence-corrected chi connectivity index (χ3v) is 5.15. The van der Waals surface area contributed by atoms with E-state index in [1.807, 2.05) is 0 Å². The summed E-state index contributed by atoms with van der Waals surface area (Å²) < 4.78 is 11.4. The molecule has 166 valence electrons. The summed E-state index contributed by atoms with van der Waals surface area (Å²) in [6, 6.07) is 0. The second-order valence-corrected chi connectivity index (χ2v) is 7.92. The molecular formula is C27H46O2. The van der Waals surface area contributed by atoms with Gasteiger partial charge >= 0.3 is 0 Å². The topological polar surface area (TPSA) is 18.5 Å². The summed E-state index contributed by atoms with van der Waals surface area (Å²) in [5, 5.41) is 0. The zero-order chi connectivity index (χ0) is 20.7. The summed E-state index contributed by atoms with van der Waals surface area (Å²) in [7, 11) is 0. The maximum absolute atomic E-state index is 5.77. The van der Waals surface area contributed by atoms with E-state index in [1.165, 1.54) is 70.6 Å². The fourth-order valence-corrected chi connectivity index (χ4v) is 3.36. The molecule has 29 heavy (non-hydrogen) atoms. The number of ether oxygens (including phenoxy) is 2. The minimum atomic E-state index is 0.0805. The van der Waals surface area contributed by atoms with Crippen LogP contribution in [0.4, 0.5) is 0 Å². The molecule has 1 heterocycles. The highest BCUT2D eigenvalue weighted by atomic mass is 16.7. The van der Waals surface area contributed by atoms with Crippen molar-refractivity contribution < 1.29 is 9.47 Å². The third-order valence-electron chi connectivity index (χ3n) is 5.15. The maximum Gasteiger partial charge on any atom is 0.157 e. The molecule has 1 atom stereocenters. The Labute approximate surface area is 181 Å². The number of rotatable bonds is 18. The predicted molar refractivity (Wildman–Crippen MR) is 127 cm³/mol. The molecule has 0 aromatic heterocycles. The van der Waals surface area contributed by atoms with Crippen LogP contribution in [0.25, 0.3) is 0 Å². The lowest BCUT2D eigenvalue weighted by atomic mass is 10.1. The van der Waals surface area contributed by atoms with Crippen LogP contribution >= 0.6 is 0 Å². The molecule has 1 rings (SSSR count). The molecule has 2 heteroatoms. The van der Waals surface area contributed by atoms with Crippen molar-refractivity contribution >= 4 is 0 Å². The number of hydrogen-bond donors (Lipinski definition) is 0. The van der Waals surface area contributed by atoms with E-state index in [4.69, 9.17) is 9.47 Å². The smallest absolute Gasteiger partial charge is 0.157 e. The van der Waals surface area contributed by atoms with Crippen LogP contribution < -0.4 is 0 Å². The Morgan fingerprint density at radius 1 is 0.690 bits per heavy atom. The number of unbranched alkanes of at least 4 members (excludes halogenated alkanes) is 7. The lowest BCUT2D eigenvalue weighted by Gasteiger charge is -2.22. The largest absolute Gasteiger partial charge is 0.353 e. The molecule has 0 amide bonds. The number of hydrogen-bond acceptors (Lipinski definition) is 2. The fourth-order valence-electron chi connectivity index (χ4n) is 3.36. The van der Waals surface area contributed by atoms with Crippen LogP contribution in [0.15, 0.2) is 48.6 Å². The average Bonchev–Trinajstić information content (AvgIpc) is 2.75. The first-order chi connectivity index (χ1) is 14.4. The summed E-state index contributed by atoms with van der Waals surface area (Å²) in [4.78, 5) is 0. The molecule has 0 aromatic rings. The molecule has 1 saturated heterocycles. The molecule has 0 aliphatic carbocycles. The molecule has 0 N–H and O–H groups in total. The van der Waals surface area contributed by atoms with Crippen molar-refractivity contribution in [3.8, 4) is 0 Å². The molecular weight excluding hydrogens is 356 g/mol. The standard InChI is InChI=1S/C27H46O2/c1-2-3-4-5-6-7-8-9-10-11-12-13-14-15-16-17-18-19-20-22-25-28-27-24-21-23-26-29-27/h3-4,6-7,9-10,15-16,27H,2,5,8,11-14,17-26H2,1H3/b4-3-,7-6-,10-9-,16-15-. The first kappa shape index (κ1) is 25.9. The van der Waals surface area contributed by atoms with Crippen molar-refractivity contribution in [3.05, 3.63) is 48.6 Å². The molecule has 0 radical (unpaired) electrons. The Morgan fingerprint density at radius 2 is 1.28 bits per heavy atom. The summed E-state index contributed by atoms with van der Waals surface area (Å²) in [6.07, 6.45) is 36.6. The minimum Gasteiger partial charge on any atom is -0.353 e. The summed E-state index contributed by atoms with van der Waals surface area (Å²) in [5.74, 6) is 0. The highest BCUT2D eigenvalue weighted by Crippen LogP contribution is 2.14. The number of allylic oxidation sites excluding steroid dienone is 8. The van der Waals surface area contributed by atoms with Gasteiger partial charge in [0.05, 0.1) is 0 Å². The van der Waals surface area contributed by atoms with Gasteiger partial charge in [-0.3, -0.25) is 0 Å². The van der Waals surface area contributed by atoms with Gasteiger partial charge in [0, 0.05) is 13.2 Å². The molecule has 1 aliphatic heterocycles. The van der Waals surface area contributed by atoms with Crippen LogP contribution in [0.5, 0.6) is 0 Å². The Morgan fingerprint density at radius 3 is 1.93 bits per heavy atom. The van der Waals surface area contributed by atoms with E-state index >= 15 is 0 Å². The minimum absolute atomic E-state index is 0.0805. The van der Waals surface area contributed by atoms with Crippen molar-refractivity contribution in [2.24, 2.45) is 0 Å². The van der Waals surface area contributed by atoms with E-state index in [2.05, 4.69) is 55.5 Å². The van der Waals surface area contributed by atoms with Crippen LogP contribution in [0, 0.1) is 0 Å². The van der Waals surface area contributed by atoms with Crippen molar-refractivity contribution in [1.29, 1.82) is 0 Å². The SMILES string of the molecule is CC/C=C\C/C=C\C/C=C\CCCC/C=C\CCCCCCOC1CCCCO1. The normalized spacial score (nSPS) is 18.2. The average molecular weight is 403 g/mol. The van der Waals surface area contributed by atoms with Crippen molar-refractivity contribution in [2.75, 3.05) is 13.2 Å². The first-order valence-electron chi connectivity index (χ1n) is 12.3. The third kappa shape index (κ3) is 18.6. The second-order valence-electron chi connectivity index (χ2n) is 7.92. The Kier molecular flexibility index (Phi) is 19.3. The van der Waals surface area contributed by atoms with Crippen molar-refractivity contribution in [2.45, 2.75) is 110 Å². The van der Waals surface area contributed by atoms with Gasteiger partial charge in [-0.15, -0.1) is 0 Å². The van der Waals surface area contributed by atoms with Crippen LogP contribution in [-0.4, -0.2) is 19.5 Å². The van der Waals surface area contributed by atoms with E-state index in [9.17, 15) is 0 Å². The van der Waals surface area contributed by atoms with E-state index < -0.39 is 0 Å². The highest BCUT2D eigenvalue weighted by Gasteiger charge is 2.13. The Hall–Kier alpha value is -1.12. The van der Waals surface area contributed by atoms with Crippen LogP contribution in [0.3, 0.4) is 0 Å². The molecule has 2 nitrogen and oxygen atoms in total. The zero-order valence-corrected chi connectivity index (χ0v) is 19.0. The van der Waals surface area contributed by atoms with E-state index in [-0.39, 0.29) is 6.29 Å². The van der Waals surface area contributed by atoms with Crippen LogP contribution in [0.1, 0.15) is 103 Å². The van der Waals surface area contributed by atoms with Gasteiger partial charge in [0.15, 0.2) is 6.29 Å². The summed E-state index contributed by atoms with van der Waals surface area (Å²) in [6.45, 7) is 3.91. The first-order valence-corrected chi connectivity index (χ1v) is 12.3. The highest BCUT2D eigenvalue weighted by molar-refractivity contribution is 4.97. The molecule has 1 aliphatic rings. The van der Waals surface area contributed by atoms with Gasteiger partial charge in [0.1, 0.15) is 0 Å². The molecule has 1 fully saturated rings. The quantitative estimate of drug-likeness (QED) is 0.169. The molecule has 1 unspecified atom stereocenters. The zero-order valence-electron chi connectivity index (χ0n) is 19.0. The van der Waals surface area contributed by atoms with Gasteiger partial charge in [-0.2, -0.15) is 0 Å². The molecule has 0 aromatic carbocycles. The van der Waals surface area contributed by atoms with Crippen molar-refractivity contribution in [3.63, 3.8) is 0 Å². The second kappa shape index (κ2) is 21.6. The molecule has 0 spiro atoms. The lowest BCUT2D eigenvalue weighted by molar-refractivity contribution is -0.162. The van der Waals surface area contributed by atoms with Crippen LogP contribution in [-0.2, 0) is 9.47 Å². The van der Waals surface area contributed by atoms with Gasteiger partial charge in [-0.25, -0.2) is 0 Å². The predicted octanol–water partition coefficient (Wildman–Crippen LogP) is 8.46. The van der Waals surface area contributed by atoms with Crippen LogP contribution in [0.2, 0.25) is 0 Å². The summed E-state index contributed by atoms with van der Waals surface area (Å²) >= 11 is 0. The Balaban J connectivity index is 1.76. The van der Waals surface area contributed by atoms with Gasteiger partial charge in [-0.1, -0.05) is 68.4 Å². The van der Waals surface area contributed by atoms with Crippen molar-refractivity contribution in [1.82, 2.24) is 0 Å². The Bertz CT molecular complexity index is 441. The van der Waals surface area contributed by atoms with Gasteiger partial charge < -0.3 is 9.47 Å².